The van der Waals surface area contributed by atoms with Gasteiger partial charge in [0.1, 0.15) is 35.7 Å². The molecule has 2 fully saturated rings. The van der Waals surface area contributed by atoms with Gasteiger partial charge in [-0.15, -0.1) is 0 Å². The average molecular weight is 907 g/mol. The molecule has 358 valence electrons. The molecule has 4 unspecified atom stereocenters. The van der Waals surface area contributed by atoms with E-state index in [-0.39, 0.29) is 37.2 Å². The number of aliphatic carboxylic acids is 1. The molecule has 0 spiro atoms. The molecule has 6 rings (SSSR count). The number of amides is 4. The summed E-state index contributed by atoms with van der Waals surface area (Å²) < 4.78 is 27.2. The molecule has 2 aliphatic carbocycles. The van der Waals surface area contributed by atoms with E-state index < -0.39 is 54.2 Å². The van der Waals surface area contributed by atoms with Crippen LogP contribution >= 0.6 is 0 Å². The summed E-state index contributed by atoms with van der Waals surface area (Å²) >= 11 is 0. The summed E-state index contributed by atoms with van der Waals surface area (Å²) in [5.41, 5.74) is 1.61. The fourth-order valence-corrected chi connectivity index (χ4v) is 8.95. The number of rotatable bonds is 4. The standard InChI is InChI=1S/C25H36N2O6.C24H34N2O6/c1-31-24(29)21-17-18-10-9-13-20(16-18)32-14-7-2-3-8-15-33-25(30)27-22(23(28)26-21)19-11-5-4-6-12-19;27-22-21(18-10-4-3-5-11-18)26-24(30)32-14-7-2-1-6-13-31-19-12-8-9-17(15-19)16-20(25-22)23(28)29/h9-10,13,16,19,21-22H,2-8,11-12,14-15,17H2,1H3,(H,26,28)(H,27,30);8-9,12,15,18,20-21H,1-7,10-11,13-14,16H2,(H,25,27)(H,26,30)(H,28,29). The SMILES string of the molecule is COC(=O)C1Cc2cccc(c2)OCCCCCCOC(=O)NC(C2CCCCC2)C(=O)N1.O=C1NC(C2CCCCC2)C(=O)NC(C(=O)O)Cc2cccc(c2)OCCCCCCO1. The lowest BCUT2D eigenvalue weighted by molar-refractivity contribution is -0.145. The van der Waals surface area contributed by atoms with Gasteiger partial charge in [0, 0.05) is 12.8 Å². The number of hydrogen-bond acceptors (Lipinski definition) is 11. The number of methoxy groups -OCH3 is 1. The van der Waals surface area contributed by atoms with Crippen molar-refractivity contribution >= 4 is 35.9 Å². The second kappa shape index (κ2) is 27.7. The molecule has 4 aliphatic rings. The van der Waals surface area contributed by atoms with Crippen LogP contribution in [0, 0.1) is 11.8 Å². The zero-order valence-electron chi connectivity index (χ0n) is 38.0. The minimum atomic E-state index is -1.12. The highest BCUT2D eigenvalue weighted by Gasteiger charge is 2.36. The van der Waals surface area contributed by atoms with E-state index in [1.54, 1.807) is 0 Å². The van der Waals surface area contributed by atoms with Crippen molar-refractivity contribution in [3.8, 4) is 11.5 Å². The van der Waals surface area contributed by atoms with Gasteiger partial charge in [-0.05, 0) is 124 Å². The Hall–Kier alpha value is -5.54. The molecule has 2 aromatic rings. The summed E-state index contributed by atoms with van der Waals surface area (Å²) in [4.78, 5) is 75.6. The van der Waals surface area contributed by atoms with Crippen molar-refractivity contribution in [3.05, 3.63) is 59.7 Å². The van der Waals surface area contributed by atoms with Gasteiger partial charge in [0.2, 0.25) is 11.8 Å². The molecule has 2 saturated carbocycles. The number of cyclic esters (lactones) is 2. The van der Waals surface area contributed by atoms with Gasteiger partial charge in [-0.25, -0.2) is 19.2 Å². The normalized spacial score (nSPS) is 24.4. The molecular formula is C49H70N4O12. The monoisotopic (exact) mass is 906 g/mol. The van der Waals surface area contributed by atoms with Crippen molar-refractivity contribution in [1.82, 2.24) is 21.3 Å². The van der Waals surface area contributed by atoms with E-state index in [9.17, 15) is 33.9 Å². The number of esters is 1. The molecule has 5 N–H and O–H groups in total. The van der Waals surface area contributed by atoms with Gasteiger partial charge in [-0.3, -0.25) is 9.59 Å². The van der Waals surface area contributed by atoms with Gasteiger partial charge in [0.25, 0.3) is 0 Å². The molecule has 16 nitrogen and oxygen atoms in total. The summed E-state index contributed by atoms with van der Waals surface area (Å²) in [7, 11) is 1.30. The van der Waals surface area contributed by atoms with E-state index in [0.29, 0.717) is 25.6 Å². The summed E-state index contributed by atoms with van der Waals surface area (Å²) in [6.45, 7) is 1.74. The Balaban J connectivity index is 0.000000244. The Kier molecular flexibility index (Phi) is 21.5. The van der Waals surface area contributed by atoms with Gasteiger partial charge in [0.05, 0.1) is 33.5 Å². The Morgan fingerprint density at radius 2 is 0.908 bits per heavy atom. The second-order valence-electron chi connectivity index (χ2n) is 17.5. The number of carbonyl (C=O) groups is 6. The van der Waals surface area contributed by atoms with E-state index in [1.807, 2.05) is 48.5 Å². The van der Waals surface area contributed by atoms with E-state index in [0.717, 1.165) is 132 Å². The summed E-state index contributed by atoms with van der Waals surface area (Å²) in [6, 6.07) is 11.3. The van der Waals surface area contributed by atoms with Gasteiger partial charge in [-0.1, -0.05) is 62.8 Å². The summed E-state index contributed by atoms with van der Waals surface area (Å²) in [6.07, 6.45) is 15.8. The fourth-order valence-electron chi connectivity index (χ4n) is 8.95. The number of benzene rings is 2. The lowest BCUT2D eigenvalue weighted by Crippen LogP contribution is -2.55. The number of carbonyl (C=O) groups excluding carboxylic acids is 5. The smallest absolute Gasteiger partial charge is 0.407 e. The zero-order valence-corrected chi connectivity index (χ0v) is 38.0. The lowest BCUT2D eigenvalue weighted by atomic mass is 9.83. The quantitative estimate of drug-likeness (QED) is 0.156. The fraction of sp³-hybridized carbons (Fsp3) is 0.633. The van der Waals surface area contributed by atoms with Crippen LogP contribution in [-0.4, -0.2) is 98.8 Å². The van der Waals surface area contributed by atoms with Crippen LogP contribution in [0.1, 0.15) is 127 Å². The molecule has 0 saturated heterocycles. The third kappa shape index (κ3) is 17.8. The number of nitrogens with one attached hydrogen (secondary N) is 4. The van der Waals surface area contributed by atoms with E-state index >= 15 is 0 Å². The third-order valence-electron chi connectivity index (χ3n) is 12.5. The Morgan fingerprint density at radius 1 is 0.523 bits per heavy atom. The van der Waals surface area contributed by atoms with Crippen molar-refractivity contribution in [2.75, 3.05) is 33.5 Å². The van der Waals surface area contributed by atoms with Crippen molar-refractivity contribution in [2.24, 2.45) is 11.8 Å². The second-order valence-corrected chi connectivity index (χ2v) is 17.5. The van der Waals surface area contributed by atoms with Crippen molar-refractivity contribution in [3.63, 3.8) is 0 Å². The predicted octanol–water partition coefficient (Wildman–Crippen LogP) is 6.94. The zero-order chi connectivity index (χ0) is 46.2. The first-order chi connectivity index (χ1) is 31.6. The number of carboxylic acids is 1. The van der Waals surface area contributed by atoms with Gasteiger partial charge in [-0.2, -0.15) is 0 Å². The molecule has 4 bridgehead atoms. The lowest BCUT2D eigenvalue weighted by Gasteiger charge is -2.31. The largest absolute Gasteiger partial charge is 0.494 e. The maximum atomic E-state index is 13.3. The third-order valence-corrected chi connectivity index (χ3v) is 12.5. The molecule has 16 heteroatoms. The molecular weight excluding hydrogens is 837 g/mol. The van der Waals surface area contributed by atoms with Crippen molar-refractivity contribution < 1.29 is 57.6 Å². The number of ether oxygens (including phenoxy) is 5. The van der Waals surface area contributed by atoms with Crippen LogP contribution in [0.15, 0.2) is 48.5 Å². The summed E-state index contributed by atoms with van der Waals surface area (Å²) in [5, 5.41) is 20.7. The number of fused-ring (bicyclic) bond motifs is 4. The van der Waals surface area contributed by atoms with Gasteiger partial charge < -0.3 is 50.1 Å². The van der Waals surface area contributed by atoms with Crippen LogP contribution < -0.4 is 30.7 Å². The number of hydrogen-bond donors (Lipinski definition) is 5. The van der Waals surface area contributed by atoms with Crippen LogP contribution in [-0.2, 0) is 46.2 Å². The maximum absolute atomic E-state index is 13.3. The van der Waals surface area contributed by atoms with Gasteiger partial charge in [0.15, 0.2) is 0 Å². The molecule has 2 aromatic carbocycles. The molecule has 2 heterocycles. The van der Waals surface area contributed by atoms with Crippen molar-refractivity contribution in [2.45, 2.75) is 153 Å². The van der Waals surface area contributed by atoms with Gasteiger partial charge >= 0.3 is 24.1 Å². The first-order valence-corrected chi connectivity index (χ1v) is 23.8. The number of carboxylic acid groups (broad SMARTS) is 1. The highest BCUT2D eigenvalue weighted by molar-refractivity contribution is 5.90. The molecule has 4 atom stereocenters. The maximum Gasteiger partial charge on any atom is 0.407 e. The molecule has 65 heavy (non-hydrogen) atoms. The van der Waals surface area contributed by atoms with E-state index in [4.69, 9.17) is 23.7 Å². The average Bonchev–Trinajstić information content (AvgIpc) is 3.31. The first kappa shape index (κ1) is 50.5. The highest BCUT2D eigenvalue weighted by Crippen LogP contribution is 2.28. The topological polar surface area (TPSA) is 217 Å². The molecule has 0 radical (unpaired) electrons. The van der Waals surface area contributed by atoms with Crippen LogP contribution in [0.25, 0.3) is 0 Å². The Labute approximate surface area is 383 Å². The summed E-state index contributed by atoms with van der Waals surface area (Å²) in [5.74, 6) is -1.12. The van der Waals surface area contributed by atoms with Crippen LogP contribution in [0.4, 0.5) is 9.59 Å². The molecule has 0 aromatic heterocycles. The Morgan fingerprint density at radius 3 is 1.32 bits per heavy atom. The minimum Gasteiger partial charge on any atom is -0.494 e. The highest BCUT2D eigenvalue weighted by atomic mass is 16.6. The van der Waals surface area contributed by atoms with Crippen LogP contribution in [0.5, 0.6) is 11.5 Å². The van der Waals surface area contributed by atoms with Crippen LogP contribution in [0.2, 0.25) is 0 Å². The predicted molar refractivity (Wildman–Crippen MR) is 241 cm³/mol. The van der Waals surface area contributed by atoms with Crippen LogP contribution in [0.3, 0.4) is 0 Å². The van der Waals surface area contributed by atoms with Crippen molar-refractivity contribution in [1.29, 1.82) is 0 Å². The van der Waals surface area contributed by atoms with E-state index in [1.165, 1.54) is 7.11 Å². The first-order valence-electron chi connectivity index (χ1n) is 23.8. The molecule has 2 aliphatic heterocycles. The molecule has 4 amide bonds. The Bertz CT molecular complexity index is 1830. The minimum absolute atomic E-state index is 0.00641. The number of alkyl carbamates (subject to hydrolysis) is 2. The van der Waals surface area contributed by atoms with E-state index in [2.05, 4.69) is 21.3 Å².